The van der Waals surface area contributed by atoms with Gasteiger partial charge in [0.1, 0.15) is 11.9 Å². The predicted molar refractivity (Wildman–Crippen MR) is 111 cm³/mol. The molecule has 0 N–H and O–H groups in total. The average molecular weight is 407 g/mol. The van der Waals surface area contributed by atoms with Gasteiger partial charge in [-0.1, -0.05) is 12.1 Å². The number of amides is 1. The van der Waals surface area contributed by atoms with Crippen molar-refractivity contribution in [1.82, 2.24) is 24.9 Å². The van der Waals surface area contributed by atoms with Gasteiger partial charge in [0.2, 0.25) is 11.8 Å². The number of hydrogen-bond donors (Lipinski definition) is 0. The van der Waals surface area contributed by atoms with E-state index in [4.69, 9.17) is 9.47 Å². The average Bonchev–Trinajstić information content (AvgIpc) is 3.30. The molecule has 0 saturated carbocycles. The molecule has 1 aliphatic heterocycles. The standard InChI is InChI=1S/C22H25N5O3/c1-16-14-17(4-5-19(16)29-2)15-22(28)26-12-8-18(9-13-26)30-21-7-6-20(24-25-21)27-11-3-10-23-27/h3-7,10-11,14,18H,8-9,12-13,15H2,1-2H3. The summed E-state index contributed by atoms with van der Waals surface area (Å²) in [4.78, 5) is 14.6. The third-order valence-corrected chi connectivity index (χ3v) is 5.26. The number of benzene rings is 1. The first-order valence-electron chi connectivity index (χ1n) is 10.0. The monoisotopic (exact) mass is 407 g/mol. The molecular formula is C22H25N5O3. The highest BCUT2D eigenvalue weighted by Crippen LogP contribution is 2.21. The van der Waals surface area contributed by atoms with Gasteiger partial charge >= 0.3 is 0 Å². The first-order valence-corrected chi connectivity index (χ1v) is 10.0. The molecule has 4 rings (SSSR count). The van der Waals surface area contributed by atoms with Crippen LogP contribution in [0.2, 0.25) is 0 Å². The number of carbonyl (C=O) groups is 1. The van der Waals surface area contributed by atoms with Crippen LogP contribution in [0.1, 0.15) is 24.0 Å². The summed E-state index contributed by atoms with van der Waals surface area (Å²) in [5.74, 6) is 2.11. The Morgan fingerprint density at radius 2 is 2.00 bits per heavy atom. The van der Waals surface area contributed by atoms with E-state index >= 15 is 0 Å². The lowest BCUT2D eigenvalue weighted by atomic mass is 10.0. The summed E-state index contributed by atoms with van der Waals surface area (Å²) in [6.45, 7) is 3.34. The fourth-order valence-corrected chi connectivity index (χ4v) is 3.63. The molecule has 1 saturated heterocycles. The molecule has 1 fully saturated rings. The van der Waals surface area contributed by atoms with E-state index in [0.29, 0.717) is 31.2 Å². The van der Waals surface area contributed by atoms with Crippen molar-refractivity contribution in [2.75, 3.05) is 20.2 Å². The summed E-state index contributed by atoms with van der Waals surface area (Å²) in [5, 5.41) is 12.4. The number of rotatable bonds is 6. The number of piperidine rings is 1. The summed E-state index contributed by atoms with van der Waals surface area (Å²) in [6, 6.07) is 11.3. The van der Waals surface area contributed by atoms with E-state index in [-0.39, 0.29) is 12.0 Å². The maximum absolute atomic E-state index is 12.7. The smallest absolute Gasteiger partial charge is 0.233 e. The molecule has 8 nitrogen and oxygen atoms in total. The van der Waals surface area contributed by atoms with E-state index in [0.717, 1.165) is 29.7 Å². The maximum atomic E-state index is 12.7. The molecule has 1 amide bonds. The van der Waals surface area contributed by atoms with Gasteiger partial charge in [0.15, 0.2) is 5.82 Å². The van der Waals surface area contributed by atoms with E-state index in [1.54, 1.807) is 24.1 Å². The lowest BCUT2D eigenvalue weighted by Crippen LogP contribution is -2.42. The molecule has 0 aliphatic carbocycles. The summed E-state index contributed by atoms with van der Waals surface area (Å²) in [5.41, 5.74) is 2.04. The van der Waals surface area contributed by atoms with Crippen molar-refractivity contribution in [2.24, 2.45) is 0 Å². The number of ether oxygens (including phenoxy) is 2. The normalized spacial score (nSPS) is 14.5. The number of carbonyl (C=O) groups excluding carboxylic acids is 1. The number of aryl methyl sites for hydroxylation is 1. The van der Waals surface area contributed by atoms with E-state index in [2.05, 4.69) is 15.3 Å². The first kappa shape index (κ1) is 19.9. The topological polar surface area (TPSA) is 82.4 Å². The van der Waals surface area contributed by atoms with Crippen molar-refractivity contribution >= 4 is 5.91 Å². The third-order valence-electron chi connectivity index (χ3n) is 5.26. The minimum atomic E-state index is 0.0298. The molecule has 0 atom stereocenters. The zero-order chi connectivity index (χ0) is 20.9. The van der Waals surface area contributed by atoms with Crippen LogP contribution in [-0.2, 0) is 11.2 Å². The maximum Gasteiger partial charge on any atom is 0.233 e. The number of methoxy groups -OCH3 is 1. The molecule has 0 radical (unpaired) electrons. The van der Waals surface area contributed by atoms with Gasteiger partial charge in [0.25, 0.3) is 0 Å². The van der Waals surface area contributed by atoms with Crippen LogP contribution in [0.4, 0.5) is 0 Å². The quantitative estimate of drug-likeness (QED) is 0.625. The fraction of sp³-hybridized carbons (Fsp3) is 0.364. The highest BCUT2D eigenvalue weighted by atomic mass is 16.5. The highest BCUT2D eigenvalue weighted by Gasteiger charge is 2.24. The summed E-state index contributed by atoms with van der Waals surface area (Å²) < 4.78 is 12.9. The lowest BCUT2D eigenvalue weighted by molar-refractivity contribution is -0.132. The minimum absolute atomic E-state index is 0.0298. The lowest BCUT2D eigenvalue weighted by Gasteiger charge is -2.32. The van der Waals surface area contributed by atoms with E-state index in [1.165, 1.54) is 0 Å². The van der Waals surface area contributed by atoms with Crippen molar-refractivity contribution in [3.8, 4) is 17.4 Å². The Balaban J connectivity index is 1.27. The molecule has 1 aliphatic rings. The van der Waals surface area contributed by atoms with Crippen LogP contribution < -0.4 is 9.47 Å². The summed E-state index contributed by atoms with van der Waals surface area (Å²) in [6.07, 6.45) is 5.48. The van der Waals surface area contributed by atoms with Gasteiger partial charge in [0, 0.05) is 44.4 Å². The van der Waals surface area contributed by atoms with Gasteiger partial charge in [0.05, 0.1) is 13.5 Å². The Labute approximate surface area is 175 Å². The Bertz CT molecular complexity index is 981. The highest BCUT2D eigenvalue weighted by molar-refractivity contribution is 5.79. The largest absolute Gasteiger partial charge is 0.496 e. The van der Waals surface area contributed by atoms with Crippen molar-refractivity contribution in [1.29, 1.82) is 0 Å². The number of aromatic nitrogens is 4. The molecule has 3 heterocycles. The van der Waals surface area contributed by atoms with E-state index < -0.39 is 0 Å². The summed E-state index contributed by atoms with van der Waals surface area (Å²) >= 11 is 0. The Kier molecular flexibility index (Phi) is 5.92. The SMILES string of the molecule is COc1ccc(CC(=O)N2CCC(Oc3ccc(-n4cccn4)nn3)CC2)cc1C. The van der Waals surface area contributed by atoms with Crippen LogP contribution in [0.15, 0.2) is 48.8 Å². The second-order valence-corrected chi connectivity index (χ2v) is 7.36. The van der Waals surface area contributed by atoms with Gasteiger partial charge in [-0.15, -0.1) is 10.2 Å². The first-order chi connectivity index (χ1) is 14.6. The number of hydrogen-bond acceptors (Lipinski definition) is 6. The van der Waals surface area contributed by atoms with Crippen LogP contribution in [0.5, 0.6) is 11.6 Å². The molecular weight excluding hydrogens is 382 g/mol. The fourth-order valence-electron chi connectivity index (χ4n) is 3.63. The molecule has 3 aromatic rings. The summed E-state index contributed by atoms with van der Waals surface area (Å²) in [7, 11) is 1.65. The zero-order valence-electron chi connectivity index (χ0n) is 17.2. The molecule has 2 aromatic heterocycles. The molecule has 0 bridgehead atoms. The predicted octanol–water partition coefficient (Wildman–Crippen LogP) is 2.59. The van der Waals surface area contributed by atoms with Crippen molar-refractivity contribution in [3.05, 3.63) is 59.9 Å². The Morgan fingerprint density at radius 3 is 2.63 bits per heavy atom. The van der Waals surface area contributed by atoms with Crippen molar-refractivity contribution in [2.45, 2.75) is 32.3 Å². The van der Waals surface area contributed by atoms with Gasteiger partial charge in [-0.3, -0.25) is 4.79 Å². The van der Waals surface area contributed by atoms with Crippen LogP contribution in [-0.4, -0.2) is 57.1 Å². The van der Waals surface area contributed by atoms with E-state index in [1.807, 2.05) is 48.4 Å². The van der Waals surface area contributed by atoms with Crippen LogP contribution >= 0.6 is 0 Å². The second kappa shape index (κ2) is 8.94. The number of nitrogens with zero attached hydrogens (tertiary/aromatic N) is 5. The van der Waals surface area contributed by atoms with Gasteiger partial charge in [-0.25, -0.2) is 4.68 Å². The molecule has 0 unspecified atom stereocenters. The molecule has 0 spiro atoms. The molecule has 8 heteroatoms. The van der Waals surface area contributed by atoms with Crippen molar-refractivity contribution in [3.63, 3.8) is 0 Å². The van der Waals surface area contributed by atoms with Crippen LogP contribution in [0.25, 0.3) is 5.82 Å². The van der Waals surface area contributed by atoms with Gasteiger partial charge in [-0.05, 0) is 36.2 Å². The van der Waals surface area contributed by atoms with Crippen LogP contribution in [0, 0.1) is 6.92 Å². The molecule has 156 valence electrons. The van der Waals surface area contributed by atoms with Gasteiger partial charge < -0.3 is 14.4 Å². The Hall–Kier alpha value is -3.42. The second-order valence-electron chi connectivity index (χ2n) is 7.36. The number of likely N-dealkylation sites (tertiary alicyclic amines) is 1. The Morgan fingerprint density at radius 1 is 1.17 bits per heavy atom. The molecule has 30 heavy (non-hydrogen) atoms. The zero-order valence-corrected chi connectivity index (χ0v) is 17.2. The van der Waals surface area contributed by atoms with Crippen molar-refractivity contribution < 1.29 is 14.3 Å². The minimum Gasteiger partial charge on any atom is -0.496 e. The third kappa shape index (κ3) is 4.59. The molecule has 1 aromatic carbocycles. The van der Waals surface area contributed by atoms with Gasteiger partial charge in [-0.2, -0.15) is 5.10 Å². The van der Waals surface area contributed by atoms with Crippen LogP contribution in [0.3, 0.4) is 0 Å². The van der Waals surface area contributed by atoms with E-state index in [9.17, 15) is 4.79 Å².